The minimum Gasteiger partial charge on any atom is -0.271 e. The summed E-state index contributed by atoms with van der Waals surface area (Å²) in [5.74, 6) is 6.85. The molecule has 1 fully saturated rings. The minimum atomic E-state index is 0.301. The Balaban J connectivity index is 1.92. The molecule has 2 rings (SSSR count). The van der Waals surface area contributed by atoms with Crippen molar-refractivity contribution >= 4 is 27.7 Å². The fourth-order valence-electron chi connectivity index (χ4n) is 2.95. The Labute approximate surface area is 140 Å². The van der Waals surface area contributed by atoms with E-state index in [1.807, 2.05) is 6.92 Å². The number of thioether (sulfide) groups is 1. The quantitative estimate of drug-likeness (QED) is 0.567. The fourth-order valence-corrected chi connectivity index (χ4v) is 4.78. The van der Waals surface area contributed by atoms with Crippen LogP contribution >= 0.6 is 27.7 Å². The number of nitrogens with one attached hydrogen (secondary N) is 1. The molecule has 1 saturated carbocycles. The first-order valence-electron chi connectivity index (χ1n) is 7.95. The standard InChI is InChI=1S/C15H27BrN4S/c1-3-20-14(15(16)11(2)19-20)9-12(18-17)10-21-13-7-5-4-6-8-13/h12-13,18H,3-10,17H2,1-2H3. The number of hydrazine groups is 1. The van der Waals surface area contributed by atoms with Gasteiger partial charge < -0.3 is 0 Å². The number of aromatic nitrogens is 2. The van der Waals surface area contributed by atoms with Crippen molar-refractivity contribution in [2.24, 2.45) is 5.84 Å². The Kier molecular flexibility index (Phi) is 7.05. The number of hydrogen-bond donors (Lipinski definition) is 2. The van der Waals surface area contributed by atoms with Crippen LogP contribution in [0.25, 0.3) is 0 Å². The second-order valence-corrected chi connectivity index (χ2v) is 7.95. The third kappa shape index (κ3) is 4.71. The van der Waals surface area contributed by atoms with Crippen LogP contribution in [0.15, 0.2) is 4.47 Å². The summed E-state index contributed by atoms with van der Waals surface area (Å²) < 4.78 is 3.21. The smallest absolute Gasteiger partial charge is 0.0738 e. The summed E-state index contributed by atoms with van der Waals surface area (Å²) in [5.41, 5.74) is 5.31. The van der Waals surface area contributed by atoms with E-state index in [2.05, 4.69) is 49.8 Å². The average molecular weight is 375 g/mol. The fraction of sp³-hybridized carbons (Fsp3) is 0.800. The molecule has 6 heteroatoms. The van der Waals surface area contributed by atoms with Crippen molar-refractivity contribution in [1.29, 1.82) is 0 Å². The summed E-state index contributed by atoms with van der Waals surface area (Å²) in [6.07, 6.45) is 7.87. The molecule has 1 atom stereocenters. The minimum absolute atomic E-state index is 0.301. The molecule has 0 bridgehead atoms. The van der Waals surface area contributed by atoms with Crippen molar-refractivity contribution in [3.05, 3.63) is 15.9 Å². The third-order valence-corrected chi connectivity index (χ3v) is 6.78. The summed E-state index contributed by atoms with van der Waals surface area (Å²) in [5, 5.41) is 5.39. The van der Waals surface area contributed by atoms with Gasteiger partial charge in [0.15, 0.2) is 0 Å². The molecule has 1 heterocycles. The maximum atomic E-state index is 5.78. The second kappa shape index (κ2) is 8.56. The van der Waals surface area contributed by atoms with Crippen molar-refractivity contribution in [2.75, 3.05) is 5.75 Å². The maximum absolute atomic E-state index is 5.78. The molecule has 1 aliphatic carbocycles. The molecular formula is C15H27BrN4S. The van der Waals surface area contributed by atoms with E-state index in [1.54, 1.807) is 0 Å². The zero-order chi connectivity index (χ0) is 15.2. The number of rotatable bonds is 7. The van der Waals surface area contributed by atoms with E-state index in [9.17, 15) is 0 Å². The summed E-state index contributed by atoms with van der Waals surface area (Å²) in [6.45, 7) is 5.07. The Bertz CT molecular complexity index is 443. The monoisotopic (exact) mass is 374 g/mol. The van der Waals surface area contributed by atoms with Crippen LogP contribution < -0.4 is 11.3 Å². The van der Waals surface area contributed by atoms with Crippen LogP contribution in [0.3, 0.4) is 0 Å². The van der Waals surface area contributed by atoms with E-state index in [4.69, 9.17) is 5.84 Å². The molecule has 0 amide bonds. The molecule has 1 aliphatic rings. The zero-order valence-electron chi connectivity index (χ0n) is 13.1. The first-order chi connectivity index (χ1) is 10.2. The molecule has 4 nitrogen and oxygen atoms in total. The van der Waals surface area contributed by atoms with Gasteiger partial charge in [0.05, 0.1) is 15.9 Å². The number of hydrogen-bond acceptors (Lipinski definition) is 4. The van der Waals surface area contributed by atoms with Crippen LogP contribution in [0, 0.1) is 6.92 Å². The van der Waals surface area contributed by atoms with Gasteiger partial charge in [-0.2, -0.15) is 16.9 Å². The Morgan fingerprint density at radius 1 is 1.43 bits per heavy atom. The lowest BCUT2D eigenvalue weighted by Crippen LogP contribution is -2.39. The van der Waals surface area contributed by atoms with Gasteiger partial charge in [-0.15, -0.1) is 0 Å². The van der Waals surface area contributed by atoms with Crippen molar-refractivity contribution < 1.29 is 0 Å². The molecule has 0 aromatic carbocycles. The molecule has 0 spiro atoms. The highest BCUT2D eigenvalue weighted by Crippen LogP contribution is 2.29. The molecule has 0 aliphatic heterocycles. The van der Waals surface area contributed by atoms with Crippen LogP contribution in [-0.2, 0) is 13.0 Å². The Morgan fingerprint density at radius 3 is 2.76 bits per heavy atom. The predicted octanol–water partition coefficient (Wildman–Crippen LogP) is 3.41. The van der Waals surface area contributed by atoms with Crippen LogP contribution in [0.5, 0.6) is 0 Å². The van der Waals surface area contributed by atoms with E-state index < -0.39 is 0 Å². The molecule has 3 N–H and O–H groups in total. The van der Waals surface area contributed by atoms with Crippen LogP contribution in [0.2, 0.25) is 0 Å². The summed E-state index contributed by atoms with van der Waals surface area (Å²) in [4.78, 5) is 0. The van der Waals surface area contributed by atoms with Gasteiger partial charge in [0.25, 0.3) is 0 Å². The highest BCUT2D eigenvalue weighted by Gasteiger charge is 2.20. The molecule has 0 radical (unpaired) electrons. The van der Waals surface area contributed by atoms with Crippen LogP contribution in [0.1, 0.15) is 50.4 Å². The summed E-state index contributed by atoms with van der Waals surface area (Å²) in [7, 11) is 0. The SMILES string of the molecule is CCn1nc(C)c(Br)c1CC(CSC1CCCCC1)NN. The maximum Gasteiger partial charge on any atom is 0.0738 e. The molecular weight excluding hydrogens is 348 g/mol. The van der Waals surface area contributed by atoms with E-state index in [1.165, 1.54) is 37.8 Å². The van der Waals surface area contributed by atoms with Gasteiger partial charge in [0.2, 0.25) is 0 Å². The number of aryl methyl sites for hydroxylation is 2. The number of nitrogens with two attached hydrogens (primary N) is 1. The highest BCUT2D eigenvalue weighted by molar-refractivity contribution is 9.10. The first kappa shape index (κ1) is 17.3. The molecule has 1 aromatic rings. The lowest BCUT2D eigenvalue weighted by Gasteiger charge is -2.24. The van der Waals surface area contributed by atoms with Gasteiger partial charge in [-0.05, 0) is 42.6 Å². The van der Waals surface area contributed by atoms with Crippen molar-refractivity contribution in [3.8, 4) is 0 Å². The van der Waals surface area contributed by atoms with Crippen LogP contribution in [0.4, 0.5) is 0 Å². The van der Waals surface area contributed by atoms with Gasteiger partial charge >= 0.3 is 0 Å². The molecule has 0 saturated heterocycles. The molecule has 120 valence electrons. The summed E-state index contributed by atoms with van der Waals surface area (Å²) >= 11 is 5.76. The molecule has 21 heavy (non-hydrogen) atoms. The largest absolute Gasteiger partial charge is 0.271 e. The van der Waals surface area contributed by atoms with Gasteiger partial charge in [0, 0.05) is 30.0 Å². The lowest BCUT2D eigenvalue weighted by molar-refractivity contribution is 0.509. The van der Waals surface area contributed by atoms with Gasteiger partial charge in [0.1, 0.15) is 0 Å². The Morgan fingerprint density at radius 2 is 2.14 bits per heavy atom. The average Bonchev–Trinajstić information content (AvgIpc) is 2.79. The zero-order valence-corrected chi connectivity index (χ0v) is 15.5. The van der Waals surface area contributed by atoms with E-state index in [-0.39, 0.29) is 0 Å². The van der Waals surface area contributed by atoms with Gasteiger partial charge in [-0.3, -0.25) is 16.0 Å². The summed E-state index contributed by atoms with van der Waals surface area (Å²) in [6, 6.07) is 0.301. The number of nitrogens with zero attached hydrogens (tertiary/aromatic N) is 2. The van der Waals surface area contributed by atoms with E-state index >= 15 is 0 Å². The predicted molar refractivity (Wildman–Crippen MR) is 94.5 cm³/mol. The van der Waals surface area contributed by atoms with Crippen molar-refractivity contribution in [2.45, 2.75) is 70.2 Å². The topological polar surface area (TPSA) is 55.9 Å². The highest BCUT2D eigenvalue weighted by atomic mass is 79.9. The van der Waals surface area contributed by atoms with Gasteiger partial charge in [-0.25, -0.2) is 0 Å². The Hall–Kier alpha value is -0.0400. The van der Waals surface area contributed by atoms with E-state index in [0.717, 1.165) is 34.1 Å². The first-order valence-corrected chi connectivity index (χ1v) is 9.79. The van der Waals surface area contributed by atoms with Crippen molar-refractivity contribution in [1.82, 2.24) is 15.2 Å². The third-order valence-electron chi connectivity index (χ3n) is 4.21. The number of halogens is 1. The molecule has 1 unspecified atom stereocenters. The second-order valence-electron chi connectivity index (χ2n) is 5.82. The lowest BCUT2D eigenvalue weighted by atomic mass is 10.0. The molecule has 1 aromatic heterocycles. The van der Waals surface area contributed by atoms with Crippen LogP contribution in [-0.4, -0.2) is 26.8 Å². The normalized spacial score (nSPS) is 18.1. The van der Waals surface area contributed by atoms with Crippen molar-refractivity contribution in [3.63, 3.8) is 0 Å². The van der Waals surface area contributed by atoms with E-state index in [0.29, 0.717) is 6.04 Å². The van der Waals surface area contributed by atoms with Gasteiger partial charge in [-0.1, -0.05) is 19.3 Å².